The Labute approximate surface area is 334 Å². The molecule has 2 aliphatic rings. The third kappa shape index (κ3) is 7.87. The molecular formula is C36H30Cl2F4N16. The summed E-state index contributed by atoms with van der Waals surface area (Å²) in [5, 5.41) is 26.7. The van der Waals surface area contributed by atoms with Gasteiger partial charge in [-0.25, -0.2) is 37.5 Å². The lowest BCUT2D eigenvalue weighted by Crippen LogP contribution is -2.05. The summed E-state index contributed by atoms with van der Waals surface area (Å²) in [6, 6.07) is 14.1. The molecule has 0 radical (unpaired) electrons. The van der Waals surface area contributed by atoms with Crippen LogP contribution in [0.4, 0.5) is 52.7 Å². The van der Waals surface area contributed by atoms with Crippen LogP contribution in [0.25, 0.3) is 22.1 Å². The maximum absolute atomic E-state index is 13.2. The minimum Gasteiger partial charge on any atom is -0.350 e. The summed E-state index contributed by atoms with van der Waals surface area (Å²) < 4.78 is 52.7. The van der Waals surface area contributed by atoms with E-state index in [4.69, 9.17) is 23.2 Å². The largest absolute Gasteiger partial charge is 0.350 e. The molecule has 8 N–H and O–H groups in total. The molecule has 2 aromatic carbocycles. The summed E-state index contributed by atoms with van der Waals surface area (Å²) in [6.07, 6.45) is 6.05. The standard InChI is InChI=1S/2C18H15ClF2N8/c2*19-15-9(1-2-11-16(15)25-8-24-11)7-23-17-22-4-3-13(27-17)26-14-5-12(28-29-14)10-6-18(10,20)21/h2*1-5,8,10H,6-7H2,(H,24,25)(H3,22,23,26,27,28,29)/t2*10-/m10/s1. The van der Waals surface area contributed by atoms with Gasteiger partial charge in [-0.05, 0) is 35.4 Å². The molecule has 0 unspecified atom stereocenters. The van der Waals surface area contributed by atoms with E-state index in [1.54, 1.807) is 49.3 Å². The first-order chi connectivity index (χ1) is 28.0. The molecule has 2 fully saturated rings. The second-order valence-corrected chi connectivity index (χ2v) is 14.4. The molecule has 6 heterocycles. The zero-order chi connectivity index (χ0) is 40.0. The molecule has 2 saturated carbocycles. The minimum atomic E-state index is -2.64. The molecule has 22 heteroatoms. The van der Waals surface area contributed by atoms with Crippen molar-refractivity contribution in [2.45, 2.75) is 49.6 Å². The van der Waals surface area contributed by atoms with Crippen LogP contribution in [0.1, 0.15) is 47.2 Å². The van der Waals surface area contributed by atoms with Crippen LogP contribution in [0.15, 0.2) is 73.6 Å². The van der Waals surface area contributed by atoms with E-state index in [-0.39, 0.29) is 12.8 Å². The quantitative estimate of drug-likeness (QED) is 0.0545. The van der Waals surface area contributed by atoms with E-state index in [2.05, 4.69) is 81.5 Å². The van der Waals surface area contributed by atoms with E-state index >= 15 is 0 Å². The number of H-pyrrole nitrogens is 4. The van der Waals surface area contributed by atoms with Crippen molar-refractivity contribution < 1.29 is 17.6 Å². The molecule has 58 heavy (non-hydrogen) atoms. The topological polar surface area (TPSA) is 214 Å². The number of hydrogen-bond donors (Lipinski definition) is 8. The highest BCUT2D eigenvalue weighted by atomic mass is 35.5. The number of aromatic nitrogens is 12. The Balaban J connectivity index is 0.000000150. The van der Waals surface area contributed by atoms with Crippen molar-refractivity contribution in [1.29, 1.82) is 0 Å². The van der Waals surface area contributed by atoms with Gasteiger partial charge in [0.25, 0.3) is 11.8 Å². The van der Waals surface area contributed by atoms with Crippen LogP contribution in [0.5, 0.6) is 0 Å². The number of alkyl halides is 4. The summed E-state index contributed by atoms with van der Waals surface area (Å²) in [5.74, 6) is -4.29. The molecule has 16 nitrogen and oxygen atoms in total. The van der Waals surface area contributed by atoms with Gasteiger partial charge >= 0.3 is 0 Å². The van der Waals surface area contributed by atoms with Gasteiger partial charge in [0.05, 0.1) is 45.6 Å². The third-order valence-corrected chi connectivity index (χ3v) is 10.4. The summed E-state index contributed by atoms with van der Waals surface area (Å²) in [4.78, 5) is 31.5. The van der Waals surface area contributed by atoms with Crippen molar-refractivity contribution in [3.8, 4) is 0 Å². The van der Waals surface area contributed by atoms with Crippen LogP contribution in [0.3, 0.4) is 0 Å². The molecule has 0 saturated heterocycles. The van der Waals surface area contributed by atoms with E-state index in [1.165, 1.54) is 0 Å². The Morgan fingerprint density at radius 2 is 1.03 bits per heavy atom. The highest BCUT2D eigenvalue weighted by molar-refractivity contribution is 6.36. The molecule has 10 rings (SSSR count). The predicted octanol–water partition coefficient (Wildman–Crippen LogP) is 8.42. The number of benzene rings is 2. The molecule has 0 spiro atoms. The van der Waals surface area contributed by atoms with E-state index in [0.717, 1.165) is 22.2 Å². The molecule has 0 aliphatic heterocycles. The monoisotopic (exact) mass is 832 g/mol. The van der Waals surface area contributed by atoms with Gasteiger partial charge in [0.15, 0.2) is 11.6 Å². The van der Waals surface area contributed by atoms with Gasteiger partial charge in [0.1, 0.15) is 22.7 Å². The number of fused-ring (bicyclic) bond motifs is 2. The Morgan fingerprint density at radius 3 is 1.45 bits per heavy atom. The van der Waals surface area contributed by atoms with Gasteiger partial charge in [0.2, 0.25) is 11.9 Å². The van der Waals surface area contributed by atoms with Crippen molar-refractivity contribution in [2.24, 2.45) is 0 Å². The van der Waals surface area contributed by atoms with Crippen LogP contribution in [-0.2, 0) is 13.1 Å². The van der Waals surface area contributed by atoms with E-state index in [9.17, 15) is 17.6 Å². The highest BCUT2D eigenvalue weighted by Crippen LogP contribution is 2.56. The number of nitrogens with one attached hydrogen (secondary N) is 8. The minimum absolute atomic E-state index is 0.150. The van der Waals surface area contributed by atoms with Crippen LogP contribution in [0, 0.1) is 0 Å². The normalized spacial score (nSPS) is 17.4. The van der Waals surface area contributed by atoms with Crippen molar-refractivity contribution in [3.63, 3.8) is 0 Å². The van der Waals surface area contributed by atoms with Gasteiger partial charge in [-0.2, -0.15) is 20.2 Å². The van der Waals surface area contributed by atoms with Crippen LogP contribution in [-0.4, -0.2) is 72.1 Å². The number of hydrogen-bond acceptors (Lipinski definition) is 12. The lowest BCUT2D eigenvalue weighted by Gasteiger charge is -2.08. The molecule has 0 bridgehead atoms. The van der Waals surface area contributed by atoms with Crippen LogP contribution < -0.4 is 21.3 Å². The van der Waals surface area contributed by atoms with Gasteiger partial charge in [0, 0.05) is 61.8 Å². The Hall–Kier alpha value is -6.54. The molecular weight excluding hydrogens is 803 g/mol. The second-order valence-electron chi connectivity index (χ2n) is 13.6. The summed E-state index contributed by atoms with van der Waals surface area (Å²) in [7, 11) is 0. The molecule has 8 aromatic rings. The van der Waals surface area contributed by atoms with E-state index < -0.39 is 23.7 Å². The van der Waals surface area contributed by atoms with Gasteiger partial charge in [-0.15, -0.1) is 0 Å². The lowest BCUT2D eigenvalue weighted by molar-refractivity contribution is 0.110. The highest BCUT2D eigenvalue weighted by Gasteiger charge is 2.59. The van der Waals surface area contributed by atoms with Crippen LogP contribution in [0.2, 0.25) is 10.0 Å². The number of aromatic amines is 4. The molecule has 2 atom stereocenters. The van der Waals surface area contributed by atoms with Crippen molar-refractivity contribution in [2.75, 3.05) is 21.3 Å². The zero-order valence-corrected chi connectivity index (χ0v) is 31.3. The predicted molar refractivity (Wildman–Crippen MR) is 209 cm³/mol. The number of rotatable bonds is 12. The van der Waals surface area contributed by atoms with Crippen molar-refractivity contribution >= 4 is 80.4 Å². The Kier molecular flexibility index (Phi) is 9.43. The summed E-state index contributed by atoms with van der Waals surface area (Å²) in [5.41, 5.74) is 5.68. The number of nitrogens with zero attached hydrogens (tertiary/aromatic N) is 8. The average molecular weight is 834 g/mol. The fourth-order valence-corrected chi connectivity index (χ4v) is 6.76. The number of imidazole rings is 2. The van der Waals surface area contributed by atoms with Crippen molar-refractivity contribution in [3.05, 3.63) is 106 Å². The van der Waals surface area contributed by atoms with Crippen LogP contribution >= 0.6 is 23.2 Å². The first kappa shape index (κ1) is 37.1. The number of anilines is 6. The SMILES string of the molecule is FC1(F)C[C@@H]1c1cc(Nc2ccnc(NCc3ccc4[nH]cnc4c3Cl)n2)n[nH]1.FC1(F)C[C@H]1c1cc(Nc2ccnc(NCc3ccc4[nH]cnc4c3Cl)n2)n[nH]1. The third-order valence-electron chi connectivity index (χ3n) is 9.52. The van der Waals surface area contributed by atoms with Gasteiger partial charge in [-0.1, -0.05) is 35.3 Å². The van der Waals surface area contributed by atoms with E-state index in [1.807, 2.05) is 24.3 Å². The molecule has 2 aliphatic carbocycles. The summed E-state index contributed by atoms with van der Waals surface area (Å²) >= 11 is 12.8. The molecule has 0 amide bonds. The Morgan fingerprint density at radius 1 is 0.603 bits per heavy atom. The Bertz CT molecular complexity index is 2560. The van der Waals surface area contributed by atoms with Gasteiger partial charge < -0.3 is 31.2 Å². The van der Waals surface area contributed by atoms with E-state index in [0.29, 0.717) is 80.7 Å². The first-order valence-electron chi connectivity index (χ1n) is 17.7. The second kappa shape index (κ2) is 14.8. The number of halogens is 6. The summed E-state index contributed by atoms with van der Waals surface area (Å²) in [6.45, 7) is 0.822. The smallest absolute Gasteiger partial charge is 0.257 e. The van der Waals surface area contributed by atoms with Gasteiger partial charge in [-0.3, -0.25) is 10.2 Å². The fraction of sp³-hybridized carbons (Fsp3) is 0.222. The first-order valence-corrected chi connectivity index (χ1v) is 18.5. The van der Waals surface area contributed by atoms with Crippen molar-refractivity contribution in [1.82, 2.24) is 60.3 Å². The fourth-order valence-electron chi connectivity index (χ4n) is 6.20. The lowest BCUT2D eigenvalue weighted by atomic mass is 10.2. The molecule has 6 aromatic heterocycles. The maximum Gasteiger partial charge on any atom is 0.257 e. The maximum atomic E-state index is 13.2. The zero-order valence-electron chi connectivity index (χ0n) is 29.8. The molecule has 296 valence electrons. The average Bonchev–Trinajstić information content (AvgIpc) is 3.68.